The molecule has 0 radical (unpaired) electrons. The van der Waals surface area contributed by atoms with Crippen molar-refractivity contribution in [3.8, 4) is 0 Å². The first-order valence-electron chi connectivity index (χ1n) is 3.69. The normalized spacial score (nSPS) is 32.6. The SMILES string of the molecule is CN1C[C@H](S(=O)(=O)F)C[C@H]1CO. The Morgan fingerprint density at radius 3 is 2.50 bits per heavy atom. The van der Waals surface area contributed by atoms with E-state index in [1.54, 1.807) is 11.9 Å². The lowest BCUT2D eigenvalue weighted by Gasteiger charge is -2.14. The molecule has 1 rings (SSSR count). The van der Waals surface area contributed by atoms with E-state index in [1.807, 2.05) is 0 Å². The predicted octanol–water partition coefficient (Wildman–Crippen LogP) is -0.649. The molecule has 1 aliphatic heterocycles. The first-order chi connectivity index (χ1) is 5.45. The van der Waals surface area contributed by atoms with Crippen molar-refractivity contribution in [3.63, 3.8) is 0 Å². The molecule has 0 spiro atoms. The topological polar surface area (TPSA) is 57.6 Å². The molecule has 1 N–H and O–H groups in total. The standard InChI is InChI=1S/C6H12FNO3S/c1-8-3-6(12(7,10)11)2-5(8)4-9/h5-6,9H,2-4H2,1H3/t5-,6+/m0/s1. The molecule has 2 atom stereocenters. The van der Waals surface area contributed by atoms with E-state index in [0.717, 1.165) is 0 Å². The number of hydrogen-bond donors (Lipinski definition) is 1. The molecule has 1 heterocycles. The van der Waals surface area contributed by atoms with Crippen molar-refractivity contribution in [2.75, 3.05) is 20.2 Å². The lowest BCUT2D eigenvalue weighted by atomic mass is 10.2. The fourth-order valence-corrected chi connectivity index (χ4v) is 2.31. The van der Waals surface area contributed by atoms with Crippen LogP contribution in [0, 0.1) is 0 Å². The molecule has 0 amide bonds. The number of aliphatic hydroxyl groups excluding tert-OH is 1. The van der Waals surface area contributed by atoms with Crippen molar-refractivity contribution >= 4 is 10.2 Å². The van der Waals surface area contributed by atoms with Crippen LogP contribution in [0.2, 0.25) is 0 Å². The van der Waals surface area contributed by atoms with Crippen LogP contribution >= 0.6 is 0 Å². The van der Waals surface area contributed by atoms with Crippen LogP contribution in [0.1, 0.15) is 6.42 Å². The summed E-state index contributed by atoms with van der Waals surface area (Å²) in [4.78, 5) is 1.65. The number of hydrogen-bond acceptors (Lipinski definition) is 4. The molecule has 0 aromatic heterocycles. The number of aliphatic hydroxyl groups is 1. The number of likely N-dealkylation sites (N-methyl/N-ethyl adjacent to an activating group) is 1. The quantitative estimate of drug-likeness (QED) is 0.598. The molecule has 0 saturated carbocycles. The van der Waals surface area contributed by atoms with Crippen molar-refractivity contribution in [2.24, 2.45) is 0 Å². The molecule has 6 heteroatoms. The molecule has 0 bridgehead atoms. The Kier molecular flexibility index (Phi) is 2.70. The van der Waals surface area contributed by atoms with Crippen molar-refractivity contribution in [3.05, 3.63) is 0 Å². The largest absolute Gasteiger partial charge is 0.395 e. The summed E-state index contributed by atoms with van der Waals surface area (Å²) in [5.74, 6) is 0. The zero-order valence-corrected chi connectivity index (χ0v) is 7.59. The number of nitrogens with zero attached hydrogens (tertiary/aromatic N) is 1. The van der Waals surface area contributed by atoms with E-state index in [2.05, 4.69) is 0 Å². The van der Waals surface area contributed by atoms with Gasteiger partial charge in [-0.05, 0) is 13.5 Å². The second kappa shape index (κ2) is 3.27. The number of likely N-dealkylation sites (tertiary alicyclic amines) is 1. The van der Waals surface area contributed by atoms with E-state index >= 15 is 0 Å². The average molecular weight is 197 g/mol. The van der Waals surface area contributed by atoms with Crippen molar-refractivity contribution in [1.82, 2.24) is 4.90 Å². The number of rotatable bonds is 2. The van der Waals surface area contributed by atoms with Crippen LogP contribution in [0.15, 0.2) is 0 Å². The monoisotopic (exact) mass is 197 g/mol. The highest BCUT2D eigenvalue weighted by atomic mass is 32.3. The summed E-state index contributed by atoms with van der Waals surface area (Å²) in [7, 11) is -2.76. The van der Waals surface area contributed by atoms with Crippen LogP contribution in [0.5, 0.6) is 0 Å². The summed E-state index contributed by atoms with van der Waals surface area (Å²) in [5, 5.41) is 7.80. The minimum atomic E-state index is -4.43. The maximum atomic E-state index is 12.4. The molecule has 0 aliphatic carbocycles. The van der Waals surface area contributed by atoms with E-state index < -0.39 is 15.5 Å². The second-order valence-corrected chi connectivity index (χ2v) is 4.73. The highest BCUT2D eigenvalue weighted by Crippen LogP contribution is 2.22. The third-order valence-electron chi connectivity index (χ3n) is 2.26. The lowest BCUT2D eigenvalue weighted by molar-refractivity contribution is 0.182. The zero-order valence-electron chi connectivity index (χ0n) is 6.77. The average Bonchev–Trinajstić information content (AvgIpc) is 2.29. The van der Waals surface area contributed by atoms with Gasteiger partial charge in [0.1, 0.15) is 5.25 Å². The minimum Gasteiger partial charge on any atom is -0.395 e. The van der Waals surface area contributed by atoms with E-state index in [4.69, 9.17) is 5.11 Å². The fraction of sp³-hybridized carbons (Fsp3) is 1.00. The molecule has 1 saturated heterocycles. The molecular formula is C6H12FNO3S. The van der Waals surface area contributed by atoms with Gasteiger partial charge in [0.25, 0.3) is 0 Å². The highest BCUT2D eigenvalue weighted by Gasteiger charge is 2.37. The van der Waals surface area contributed by atoms with Crippen molar-refractivity contribution < 1.29 is 17.4 Å². The van der Waals surface area contributed by atoms with Gasteiger partial charge in [-0.1, -0.05) is 0 Å². The summed E-state index contributed by atoms with van der Waals surface area (Å²) in [6.45, 7) is 0.0482. The van der Waals surface area contributed by atoms with Crippen LogP contribution in [-0.4, -0.2) is 49.9 Å². The van der Waals surface area contributed by atoms with E-state index in [9.17, 15) is 12.3 Å². The van der Waals surface area contributed by atoms with Gasteiger partial charge in [-0.2, -0.15) is 8.42 Å². The van der Waals surface area contributed by atoms with Crippen LogP contribution in [0.25, 0.3) is 0 Å². The Balaban J connectivity index is 2.67. The molecule has 1 aliphatic rings. The fourth-order valence-electron chi connectivity index (χ4n) is 1.45. The smallest absolute Gasteiger partial charge is 0.306 e. The Morgan fingerprint density at radius 1 is 1.67 bits per heavy atom. The molecule has 0 aromatic rings. The summed E-state index contributed by atoms with van der Waals surface area (Å²) in [5.41, 5.74) is 0. The maximum absolute atomic E-state index is 12.4. The first kappa shape index (κ1) is 9.88. The van der Waals surface area contributed by atoms with Gasteiger partial charge in [0.05, 0.1) is 6.61 Å². The Hall–Kier alpha value is -0.200. The highest BCUT2D eigenvalue weighted by molar-refractivity contribution is 7.87. The number of halogens is 1. The zero-order chi connectivity index (χ0) is 9.35. The molecule has 12 heavy (non-hydrogen) atoms. The molecule has 0 unspecified atom stereocenters. The van der Waals surface area contributed by atoms with Crippen LogP contribution in [0.3, 0.4) is 0 Å². The summed E-state index contributed by atoms with van der Waals surface area (Å²) in [6, 6.07) is -0.222. The van der Waals surface area contributed by atoms with E-state index in [1.165, 1.54) is 0 Å². The Bertz CT molecular complexity index is 254. The Morgan fingerprint density at radius 2 is 2.25 bits per heavy atom. The van der Waals surface area contributed by atoms with Gasteiger partial charge < -0.3 is 5.11 Å². The molecule has 72 valence electrons. The third kappa shape index (κ3) is 1.94. The van der Waals surface area contributed by atoms with Gasteiger partial charge in [-0.25, -0.2) is 0 Å². The second-order valence-electron chi connectivity index (χ2n) is 3.11. The summed E-state index contributed by atoms with van der Waals surface area (Å²) >= 11 is 0. The van der Waals surface area contributed by atoms with Crippen molar-refractivity contribution in [2.45, 2.75) is 17.7 Å². The Labute approximate surface area is 71.2 Å². The van der Waals surface area contributed by atoms with Gasteiger partial charge in [0, 0.05) is 12.6 Å². The van der Waals surface area contributed by atoms with Crippen LogP contribution < -0.4 is 0 Å². The van der Waals surface area contributed by atoms with Crippen molar-refractivity contribution in [1.29, 1.82) is 0 Å². The minimum absolute atomic E-state index is 0.123. The molecule has 4 nitrogen and oxygen atoms in total. The van der Waals surface area contributed by atoms with Gasteiger partial charge in [-0.3, -0.25) is 4.90 Å². The van der Waals surface area contributed by atoms with Gasteiger partial charge in [0.15, 0.2) is 0 Å². The van der Waals surface area contributed by atoms with Crippen LogP contribution in [-0.2, 0) is 10.2 Å². The van der Waals surface area contributed by atoms with Gasteiger partial charge >= 0.3 is 10.2 Å². The maximum Gasteiger partial charge on any atom is 0.306 e. The third-order valence-corrected chi connectivity index (χ3v) is 3.40. The van der Waals surface area contributed by atoms with E-state index in [-0.39, 0.29) is 25.6 Å². The molecular weight excluding hydrogens is 185 g/mol. The summed E-state index contributed by atoms with van der Waals surface area (Å²) < 4.78 is 33.4. The molecule has 0 aromatic carbocycles. The van der Waals surface area contributed by atoms with Crippen LogP contribution in [0.4, 0.5) is 3.89 Å². The first-order valence-corrected chi connectivity index (χ1v) is 5.14. The molecule has 1 fully saturated rings. The predicted molar refractivity (Wildman–Crippen MR) is 41.9 cm³/mol. The lowest BCUT2D eigenvalue weighted by Crippen LogP contribution is -2.28. The van der Waals surface area contributed by atoms with Gasteiger partial charge in [0.2, 0.25) is 0 Å². The van der Waals surface area contributed by atoms with E-state index in [0.29, 0.717) is 0 Å². The van der Waals surface area contributed by atoms with Gasteiger partial charge in [-0.15, -0.1) is 3.89 Å². The summed E-state index contributed by atoms with van der Waals surface area (Å²) in [6.07, 6.45) is 0.186.